The van der Waals surface area contributed by atoms with Gasteiger partial charge in [-0.3, -0.25) is 4.90 Å². The quantitative estimate of drug-likeness (QED) is 0.732. The third-order valence-electron chi connectivity index (χ3n) is 6.64. The summed E-state index contributed by atoms with van der Waals surface area (Å²) in [5.74, 6) is 0. The van der Waals surface area contributed by atoms with Crippen molar-refractivity contribution in [3.63, 3.8) is 0 Å². The van der Waals surface area contributed by atoms with Gasteiger partial charge in [-0.15, -0.1) is 0 Å². The molecule has 3 N–H and O–H groups in total. The summed E-state index contributed by atoms with van der Waals surface area (Å²) in [6.45, 7) is 12.6. The van der Waals surface area contributed by atoms with Crippen LogP contribution >= 0.6 is 0 Å². The van der Waals surface area contributed by atoms with E-state index >= 15 is 0 Å². The lowest BCUT2D eigenvalue weighted by molar-refractivity contribution is -0.180. The van der Waals surface area contributed by atoms with Gasteiger partial charge in [0.15, 0.2) is 11.3 Å². The summed E-state index contributed by atoms with van der Waals surface area (Å²) in [6.07, 6.45) is 1.35. The Morgan fingerprint density at radius 1 is 1.10 bits per heavy atom. The molecule has 29 heavy (non-hydrogen) atoms. The number of para-hydroxylation sites is 1. The first-order valence-corrected chi connectivity index (χ1v) is 10.4. The summed E-state index contributed by atoms with van der Waals surface area (Å²) in [5, 5.41) is 16.4. The number of hydrogen-bond acceptors (Lipinski definition) is 4. The van der Waals surface area contributed by atoms with E-state index in [1.165, 1.54) is 10.5 Å². The number of carbonyl (C=O) groups is 1. The van der Waals surface area contributed by atoms with E-state index in [1.807, 2.05) is 12.1 Å². The maximum absolute atomic E-state index is 12.9. The third-order valence-corrected chi connectivity index (χ3v) is 6.64. The van der Waals surface area contributed by atoms with Crippen LogP contribution in [-0.2, 0) is 11.2 Å². The Morgan fingerprint density at radius 2 is 1.72 bits per heavy atom. The van der Waals surface area contributed by atoms with Crippen molar-refractivity contribution in [3.05, 3.63) is 35.5 Å². The average Bonchev–Trinajstić information content (AvgIpc) is 2.94. The van der Waals surface area contributed by atoms with Gasteiger partial charge in [0, 0.05) is 47.1 Å². The number of aliphatic hydroxyl groups is 1. The maximum Gasteiger partial charge on any atom is 0.412 e. The van der Waals surface area contributed by atoms with E-state index in [0.717, 1.165) is 16.6 Å². The molecule has 2 saturated heterocycles. The highest BCUT2D eigenvalue weighted by atomic mass is 16.6. The summed E-state index contributed by atoms with van der Waals surface area (Å²) >= 11 is 0. The van der Waals surface area contributed by atoms with Crippen molar-refractivity contribution in [2.75, 3.05) is 6.54 Å². The lowest BCUT2D eigenvalue weighted by Gasteiger charge is -2.54. The number of rotatable bonds is 3. The molecule has 1 amide bonds. The minimum absolute atomic E-state index is 0.255. The van der Waals surface area contributed by atoms with Gasteiger partial charge in [-0.2, -0.15) is 0 Å². The predicted octanol–water partition coefficient (Wildman–Crippen LogP) is 3.86. The highest BCUT2D eigenvalue weighted by molar-refractivity contribution is 5.84. The normalized spacial score (nSPS) is 27.6. The van der Waals surface area contributed by atoms with Crippen LogP contribution in [0.2, 0.25) is 0 Å². The van der Waals surface area contributed by atoms with Crippen molar-refractivity contribution >= 4 is 17.0 Å². The van der Waals surface area contributed by atoms with Gasteiger partial charge in [-0.05, 0) is 59.6 Å². The van der Waals surface area contributed by atoms with E-state index in [2.05, 4.69) is 57.1 Å². The van der Waals surface area contributed by atoms with Gasteiger partial charge in [-0.25, -0.2) is 4.79 Å². The molecule has 0 bridgehead atoms. The van der Waals surface area contributed by atoms with E-state index in [0.29, 0.717) is 25.8 Å². The molecule has 2 aromatic rings. The molecule has 6 heteroatoms. The standard InChI is InChI=1S/C23H33N3O3/c1-15-16(17-9-7-8-10-18(17)24-15)11-12-26-19(27)29-23(22(26,6)28)13-20(2,3)25-21(4,5)14-23/h7-10,24-25,28H,11-14H2,1-6H3/t22-/m0/s1. The molecular weight excluding hydrogens is 366 g/mol. The lowest BCUT2D eigenvalue weighted by Crippen LogP contribution is -2.70. The van der Waals surface area contributed by atoms with Gasteiger partial charge in [0.2, 0.25) is 0 Å². The smallest absolute Gasteiger partial charge is 0.412 e. The molecule has 1 spiro atoms. The topological polar surface area (TPSA) is 77.6 Å². The van der Waals surface area contributed by atoms with E-state index in [9.17, 15) is 9.90 Å². The van der Waals surface area contributed by atoms with Crippen molar-refractivity contribution in [2.45, 2.75) is 83.2 Å². The number of carbonyl (C=O) groups excluding carboxylic acids is 1. The van der Waals surface area contributed by atoms with E-state index in [-0.39, 0.29) is 11.1 Å². The Labute approximate surface area is 172 Å². The Kier molecular flexibility index (Phi) is 4.34. The van der Waals surface area contributed by atoms with Gasteiger partial charge >= 0.3 is 6.09 Å². The van der Waals surface area contributed by atoms with Gasteiger partial charge in [0.25, 0.3) is 0 Å². The number of hydrogen-bond donors (Lipinski definition) is 3. The van der Waals surface area contributed by atoms with Crippen molar-refractivity contribution < 1.29 is 14.6 Å². The molecule has 3 heterocycles. The number of nitrogens with one attached hydrogen (secondary N) is 2. The highest BCUT2D eigenvalue weighted by Gasteiger charge is 2.66. The molecule has 158 valence electrons. The van der Waals surface area contributed by atoms with Gasteiger partial charge in [-0.1, -0.05) is 18.2 Å². The first kappa shape index (κ1) is 20.2. The predicted molar refractivity (Wildman–Crippen MR) is 114 cm³/mol. The van der Waals surface area contributed by atoms with E-state index < -0.39 is 17.4 Å². The Balaban J connectivity index is 1.62. The minimum atomic E-state index is -1.37. The summed E-state index contributed by atoms with van der Waals surface area (Å²) in [6, 6.07) is 8.18. The van der Waals surface area contributed by atoms with Gasteiger partial charge in [0.05, 0.1) is 0 Å². The lowest BCUT2D eigenvalue weighted by atomic mass is 9.68. The second-order valence-electron chi connectivity index (χ2n) is 10.3. The van der Waals surface area contributed by atoms with Crippen LogP contribution in [0.5, 0.6) is 0 Å². The van der Waals surface area contributed by atoms with Crippen LogP contribution in [0.15, 0.2) is 24.3 Å². The second-order valence-corrected chi connectivity index (χ2v) is 10.3. The van der Waals surface area contributed by atoms with Crippen molar-refractivity contribution in [2.24, 2.45) is 0 Å². The molecule has 0 saturated carbocycles. The summed E-state index contributed by atoms with van der Waals surface area (Å²) < 4.78 is 5.97. The molecular formula is C23H33N3O3. The monoisotopic (exact) mass is 399 g/mol. The Bertz CT molecular complexity index is 941. The van der Waals surface area contributed by atoms with Crippen LogP contribution in [0, 0.1) is 6.92 Å². The number of nitrogens with zero attached hydrogens (tertiary/aromatic N) is 1. The van der Waals surface area contributed by atoms with Crippen LogP contribution in [0.25, 0.3) is 10.9 Å². The Hall–Kier alpha value is -2.05. The zero-order chi connectivity index (χ0) is 21.2. The number of aromatic amines is 1. The van der Waals surface area contributed by atoms with Crippen LogP contribution in [0.1, 0.15) is 58.7 Å². The number of amides is 1. The van der Waals surface area contributed by atoms with Gasteiger partial charge < -0.3 is 20.1 Å². The largest absolute Gasteiger partial charge is 0.437 e. The fourth-order valence-electron chi connectivity index (χ4n) is 5.83. The summed E-state index contributed by atoms with van der Waals surface area (Å²) in [7, 11) is 0. The van der Waals surface area contributed by atoms with E-state index in [4.69, 9.17) is 4.74 Å². The molecule has 2 aliphatic rings. The first-order valence-electron chi connectivity index (χ1n) is 10.4. The summed E-state index contributed by atoms with van der Waals surface area (Å²) in [5.41, 5.74) is 0.547. The number of piperidine rings is 1. The second kappa shape index (κ2) is 6.22. The molecule has 1 atom stereocenters. The summed E-state index contributed by atoms with van der Waals surface area (Å²) in [4.78, 5) is 17.8. The number of fused-ring (bicyclic) bond motifs is 1. The van der Waals surface area contributed by atoms with Crippen molar-refractivity contribution in [3.8, 4) is 0 Å². The fraction of sp³-hybridized carbons (Fsp3) is 0.609. The number of benzene rings is 1. The van der Waals surface area contributed by atoms with Crippen LogP contribution in [0.3, 0.4) is 0 Å². The zero-order valence-electron chi connectivity index (χ0n) is 18.3. The molecule has 0 unspecified atom stereocenters. The molecule has 1 aromatic heterocycles. The molecule has 4 rings (SSSR count). The van der Waals surface area contributed by atoms with Crippen LogP contribution < -0.4 is 5.32 Å². The van der Waals surface area contributed by atoms with Gasteiger partial charge in [0.1, 0.15) is 0 Å². The number of ether oxygens (including phenoxy) is 1. The zero-order valence-corrected chi connectivity index (χ0v) is 18.3. The molecule has 1 aromatic carbocycles. The maximum atomic E-state index is 12.9. The molecule has 2 fully saturated rings. The molecule has 0 aliphatic carbocycles. The van der Waals surface area contributed by atoms with Crippen molar-refractivity contribution in [1.29, 1.82) is 0 Å². The fourth-order valence-corrected chi connectivity index (χ4v) is 5.83. The number of aryl methyl sites for hydroxylation is 1. The SMILES string of the molecule is Cc1[nH]c2ccccc2c1CCN1C(=O)OC2(CC(C)(C)NC(C)(C)C2)[C@]1(C)O. The minimum Gasteiger partial charge on any atom is -0.437 e. The first-order chi connectivity index (χ1) is 13.4. The van der Waals surface area contributed by atoms with Crippen LogP contribution in [0.4, 0.5) is 4.79 Å². The highest BCUT2D eigenvalue weighted by Crippen LogP contribution is 2.50. The van der Waals surface area contributed by atoms with Crippen LogP contribution in [-0.4, -0.2) is 50.0 Å². The average molecular weight is 400 g/mol. The van der Waals surface area contributed by atoms with E-state index in [1.54, 1.807) is 6.92 Å². The molecule has 0 radical (unpaired) electrons. The third kappa shape index (κ3) is 3.22. The number of aromatic nitrogens is 1. The van der Waals surface area contributed by atoms with Crippen molar-refractivity contribution in [1.82, 2.24) is 15.2 Å². The Morgan fingerprint density at radius 3 is 2.38 bits per heavy atom. The number of H-pyrrole nitrogens is 1. The molecule has 2 aliphatic heterocycles. The molecule has 6 nitrogen and oxygen atoms in total.